The third-order valence-electron chi connectivity index (χ3n) is 5.53. The number of amides is 1. The number of morpholine rings is 1. The second-order valence-corrected chi connectivity index (χ2v) is 8.67. The molecule has 7 nitrogen and oxygen atoms in total. The zero-order valence-electron chi connectivity index (χ0n) is 16.9. The number of nitrogens with zero attached hydrogens (tertiary/aromatic N) is 4. The van der Waals surface area contributed by atoms with Gasteiger partial charge in [-0.15, -0.1) is 11.3 Å². The van der Waals surface area contributed by atoms with Crippen molar-refractivity contribution in [1.82, 2.24) is 9.80 Å². The van der Waals surface area contributed by atoms with Gasteiger partial charge in [0, 0.05) is 44.0 Å². The molecule has 0 saturated carbocycles. The first-order valence-electron chi connectivity index (χ1n) is 10.4. The number of hydrogen-bond acceptors (Lipinski definition) is 7. The summed E-state index contributed by atoms with van der Waals surface area (Å²) in [5.74, 6) is -0.113. The molecule has 2 aliphatic rings. The summed E-state index contributed by atoms with van der Waals surface area (Å²) in [6.07, 6.45) is 5.78. The van der Waals surface area contributed by atoms with Gasteiger partial charge >= 0.3 is 0 Å². The topological polar surface area (TPSA) is 92.4 Å². The SMILES string of the molecule is N#CCCN(CCN1CCOCC1)CC(=O)Nc1sc2c(c1C#N)CCCCC2. The fraction of sp³-hybridized carbons (Fsp3) is 0.667. The minimum absolute atomic E-state index is 0.113. The maximum absolute atomic E-state index is 12.7. The van der Waals surface area contributed by atoms with E-state index in [2.05, 4.69) is 22.4 Å². The summed E-state index contributed by atoms with van der Waals surface area (Å²) < 4.78 is 5.38. The Labute approximate surface area is 176 Å². The number of nitriles is 2. The number of rotatable bonds is 8. The molecule has 1 fully saturated rings. The molecule has 1 aromatic rings. The molecule has 1 saturated heterocycles. The van der Waals surface area contributed by atoms with E-state index in [1.165, 1.54) is 11.3 Å². The monoisotopic (exact) mass is 415 g/mol. The number of fused-ring (bicyclic) bond motifs is 1. The van der Waals surface area contributed by atoms with Crippen LogP contribution in [0.5, 0.6) is 0 Å². The zero-order chi connectivity index (χ0) is 20.5. The van der Waals surface area contributed by atoms with Crippen molar-refractivity contribution < 1.29 is 9.53 Å². The lowest BCUT2D eigenvalue weighted by Gasteiger charge is -2.29. The molecule has 0 spiro atoms. The lowest BCUT2D eigenvalue weighted by Crippen LogP contribution is -2.43. The van der Waals surface area contributed by atoms with Crippen molar-refractivity contribution in [3.63, 3.8) is 0 Å². The van der Waals surface area contributed by atoms with Gasteiger partial charge in [-0.1, -0.05) is 6.42 Å². The quantitative estimate of drug-likeness (QED) is 0.656. The van der Waals surface area contributed by atoms with Gasteiger partial charge in [-0.2, -0.15) is 10.5 Å². The third kappa shape index (κ3) is 6.25. The smallest absolute Gasteiger partial charge is 0.239 e. The summed E-state index contributed by atoms with van der Waals surface area (Å²) in [6.45, 7) is 5.71. The molecule has 0 aromatic carbocycles. The molecule has 1 aliphatic carbocycles. The number of nitrogens with one attached hydrogen (secondary N) is 1. The van der Waals surface area contributed by atoms with Crippen molar-refractivity contribution in [1.29, 1.82) is 10.5 Å². The van der Waals surface area contributed by atoms with Gasteiger partial charge in [0.2, 0.25) is 5.91 Å². The highest BCUT2D eigenvalue weighted by molar-refractivity contribution is 7.16. The van der Waals surface area contributed by atoms with Gasteiger partial charge in [-0.05, 0) is 31.2 Å². The fourth-order valence-electron chi connectivity index (χ4n) is 3.90. The van der Waals surface area contributed by atoms with Gasteiger partial charge in [0.15, 0.2) is 0 Å². The summed E-state index contributed by atoms with van der Waals surface area (Å²) in [5, 5.41) is 22.3. The van der Waals surface area contributed by atoms with Crippen LogP contribution < -0.4 is 5.32 Å². The maximum Gasteiger partial charge on any atom is 0.239 e. The first kappa shape index (κ1) is 21.7. The molecule has 1 amide bonds. The summed E-state index contributed by atoms with van der Waals surface area (Å²) in [7, 11) is 0. The second-order valence-electron chi connectivity index (χ2n) is 7.57. The predicted octanol–water partition coefficient (Wildman–Crippen LogP) is 2.38. The van der Waals surface area contributed by atoms with E-state index < -0.39 is 0 Å². The number of hydrogen-bond donors (Lipinski definition) is 1. The minimum atomic E-state index is -0.113. The molecule has 0 unspecified atom stereocenters. The van der Waals surface area contributed by atoms with Crippen molar-refractivity contribution >= 4 is 22.2 Å². The molecule has 0 radical (unpaired) electrons. The van der Waals surface area contributed by atoms with Gasteiger partial charge in [0.25, 0.3) is 0 Å². The van der Waals surface area contributed by atoms with Crippen LogP contribution in [0.1, 0.15) is 41.7 Å². The van der Waals surface area contributed by atoms with Crippen LogP contribution in [0.3, 0.4) is 0 Å². The lowest BCUT2D eigenvalue weighted by molar-refractivity contribution is -0.117. The van der Waals surface area contributed by atoms with Crippen LogP contribution >= 0.6 is 11.3 Å². The Hall–Kier alpha value is -1.97. The van der Waals surface area contributed by atoms with Gasteiger partial charge in [-0.3, -0.25) is 14.6 Å². The summed E-state index contributed by atoms with van der Waals surface area (Å²) in [4.78, 5) is 18.3. The summed E-state index contributed by atoms with van der Waals surface area (Å²) in [6, 6.07) is 4.48. The number of anilines is 1. The number of carbonyl (C=O) groups excluding carboxylic acids is 1. The second kappa shape index (κ2) is 11.3. The van der Waals surface area contributed by atoms with E-state index in [1.807, 2.05) is 4.90 Å². The number of ether oxygens (including phenoxy) is 1. The fourth-order valence-corrected chi connectivity index (χ4v) is 5.16. The Bertz CT molecular complexity index is 773. The standard InChI is InChI=1S/C21H29N5O2S/c22-7-4-8-26(10-9-25-11-13-28-14-12-25)16-20(27)24-21-18(15-23)17-5-2-1-3-6-19(17)29-21/h1-6,8-14,16H2,(H,24,27). The van der Waals surface area contributed by atoms with Crippen molar-refractivity contribution in [2.24, 2.45) is 0 Å². The molecule has 156 valence electrons. The predicted molar refractivity (Wildman–Crippen MR) is 113 cm³/mol. The van der Waals surface area contributed by atoms with Crippen LogP contribution in [0.15, 0.2) is 0 Å². The molecular formula is C21H29N5O2S. The molecule has 0 bridgehead atoms. The zero-order valence-corrected chi connectivity index (χ0v) is 17.7. The van der Waals surface area contributed by atoms with Crippen LogP contribution in [0, 0.1) is 22.7 Å². The third-order valence-corrected chi connectivity index (χ3v) is 6.74. The van der Waals surface area contributed by atoms with Crippen molar-refractivity contribution in [2.75, 3.05) is 57.8 Å². The molecule has 8 heteroatoms. The summed E-state index contributed by atoms with van der Waals surface area (Å²) >= 11 is 1.56. The van der Waals surface area contributed by atoms with E-state index >= 15 is 0 Å². The van der Waals surface area contributed by atoms with E-state index in [9.17, 15) is 10.1 Å². The van der Waals surface area contributed by atoms with E-state index in [1.54, 1.807) is 11.3 Å². The van der Waals surface area contributed by atoms with E-state index in [-0.39, 0.29) is 12.5 Å². The van der Waals surface area contributed by atoms with Gasteiger partial charge < -0.3 is 10.1 Å². The Morgan fingerprint density at radius 2 is 1.97 bits per heavy atom. The normalized spacial score (nSPS) is 17.2. The highest BCUT2D eigenvalue weighted by atomic mass is 32.1. The molecule has 1 N–H and O–H groups in total. The molecule has 3 rings (SSSR count). The Morgan fingerprint density at radius 1 is 1.17 bits per heavy atom. The van der Waals surface area contributed by atoms with Crippen molar-refractivity contribution in [3.8, 4) is 12.1 Å². The molecule has 0 atom stereocenters. The van der Waals surface area contributed by atoms with E-state index in [0.29, 0.717) is 23.5 Å². The molecule has 1 aromatic heterocycles. The van der Waals surface area contributed by atoms with Crippen molar-refractivity contribution in [3.05, 3.63) is 16.0 Å². The van der Waals surface area contributed by atoms with Gasteiger partial charge in [0.05, 0.1) is 31.4 Å². The van der Waals surface area contributed by atoms with E-state index in [0.717, 1.165) is 70.6 Å². The molecule has 1 aliphatic heterocycles. The lowest BCUT2D eigenvalue weighted by atomic mass is 10.1. The first-order valence-corrected chi connectivity index (χ1v) is 11.3. The highest BCUT2D eigenvalue weighted by Crippen LogP contribution is 2.36. The average Bonchev–Trinajstić information content (AvgIpc) is 2.89. The molecule has 2 heterocycles. The molecular weight excluding hydrogens is 386 g/mol. The number of carbonyl (C=O) groups is 1. The van der Waals surface area contributed by atoms with Crippen LogP contribution in [0.4, 0.5) is 5.00 Å². The Morgan fingerprint density at radius 3 is 2.72 bits per heavy atom. The van der Waals surface area contributed by atoms with Crippen LogP contribution in [-0.2, 0) is 22.4 Å². The van der Waals surface area contributed by atoms with Crippen molar-refractivity contribution in [2.45, 2.75) is 38.5 Å². The largest absolute Gasteiger partial charge is 0.379 e. The first-order chi connectivity index (χ1) is 14.2. The van der Waals surface area contributed by atoms with Crippen LogP contribution in [0.2, 0.25) is 0 Å². The van der Waals surface area contributed by atoms with E-state index in [4.69, 9.17) is 10.00 Å². The molecule has 29 heavy (non-hydrogen) atoms. The summed E-state index contributed by atoms with van der Waals surface area (Å²) in [5.41, 5.74) is 1.79. The maximum atomic E-state index is 12.7. The Kier molecular flexibility index (Phi) is 8.45. The highest BCUT2D eigenvalue weighted by Gasteiger charge is 2.22. The average molecular weight is 416 g/mol. The number of thiophene rings is 1. The minimum Gasteiger partial charge on any atom is -0.379 e. The van der Waals surface area contributed by atoms with Gasteiger partial charge in [-0.25, -0.2) is 0 Å². The van der Waals surface area contributed by atoms with Crippen LogP contribution in [0.25, 0.3) is 0 Å². The van der Waals surface area contributed by atoms with Gasteiger partial charge in [0.1, 0.15) is 11.1 Å². The number of aryl methyl sites for hydroxylation is 1. The van der Waals surface area contributed by atoms with Crippen LogP contribution in [-0.4, -0.2) is 68.2 Å². The Balaban J connectivity index is 1.59.